The lowest BCUT2D eigenvalue weighted by molar-refractivity contribution is -0.136. The minimum absolute atomic E-state index is 0.0241. The van der Waals surface area contributed by atoms with Gasteiger partial charge in [-0.1, -0.05) is 24.3 Å². The van der Waals surface area contributed by atoms with E-state index in [0.29, 0.717) is 19.5 Å². The highest BCUT2D eigenvalue weighted by atomic mass is 16.4. The van der Waals surface area contributed by atoms with Crippen LogP contribution in [0.5, 0.6) is 0 Å². The second-order valence-corrected chi connectivity index (χ2v) is 4.67. The fraction of sp³-hybridized carbons (Fsp3) is 0.429. The number of nitrogens with zero attached hydrogens (tertiary/aromatic N) is 1. The number of hydrogen-bond acceptors (Lipinski definition) is 3. The standard InChI is InChI=1S/C14H20N2O3/c1-16(2)8-7-13(17)15-10-12-6-4-3-5-11(12)9-14(18)19/h3-6H,7-10H2,1-2H3,(H,15,17)(H,18,19). The van der Waals surface area contributed by atoms with Crippen molar-refractivity contribution in [1.29, 1.82) is 0 Å². The molecule has 0 aliphatic carbocycles. The summed E-state index contributed by atoms with van der Waals surface area (Å²) in [7, 11) is 3.82. The lowest BCUT2D eigenvalue weighted by Gasteiger charge is -2.11. The van der Waals surface area contributed by atoms with Crippen molar-refractivity contribution < 1.29 is 14.7 Å². The highest BCUT2D eigenvalue weighted by Crippen LogP contribution is 2.09. The summed E-state index contributed by atoms with van der Waals surface area (Å²) in [5.74, 6) is -0.898. The van der Waals surface area contributed by atoms with E-state index in [9.17, 15) is 9.59 Å². The number of hydrogen-bond donors (Lipinski definition) is 2. The molecule has 1 aromatic carbocycles. The van der Waals surface area contributed by atoms with Crippen LogP contribution in [0.25, 0.3) is 0 Å². The second kappa shape index (κ2) is 7.53. The molecule has 104 valence electrons. The van der Waals surface area contributed by atoms with Crippen LogP contribution in [0.1, 0.15) is 17.5 Å². The van der Waals surface area contributed by atoms with Gasteiger partial charge in [0.15, 0.2) is 0 Å². The predicted octanol–water partition coefficient (Wildman–Crippen LogP) is 0.882. The molecule has 0 heterocycles. The highest BCUT2D eigenvalue weighted by molar-refractivity contribution is 5.76. The third-order valence-electron chi connectivity index (χ3n) is 2.72. The smallest absolute Gasteiger partial charge is 0.307 e. The van der Waals surface area contributed by atoms with Gasteiger partial charge in [-0.25, -0.2) is 0 Å². The van der Waals surface area contributed by atoms with Gasteiger partial charge in [-0.05, 0) is 25.2 Å². The summed E-state index contributed by atoms with van der Waals surface area (Å²) >= 11 is 0. The number of rotatable bonds is 7. The lowest BCUT2D eigenvalue weighted by Crippen LogP contribution is -2.27. The van der Waals surface area contributed by atoms with Gasteiger partial charge < -0.3 is 15.3 Å². The average molecular weight is 264 g/mol. The van der Waals surface area contributed by atoms with Crippen LogP contribution in [-0.4, -0.2) is 42.5 Å². The van der Waals surface area contributed by atoms with E-state index in [0.717, 1.165) is 11.1 Å². The number of nitrogens with one attached hydrogen (secondary N) is 1. The van der Waals surface area contributed by atoms with Crippen molar-refractivity contribution in [2.45, 2.75) is 19.4 Å². The Morgan fingerprint density at radius 2 is 1.84 bits per heavy atom. The van der Waals surface area contributed by atoms with E-state index in [1.54, 1.807) is 12.1 Å². The zero-order chi connectivity index (χ0) is 14.3. The summed E-state index contributed by atoms with van der Waals surface area (Å²) in [6, 6.07) is 7.25. The van der Waals surface area contributed by atoms with E-state index in [4.69, 9.17) is 5.11 Å². The average Bonchev–Trinajstić information content (AvgIpc) is 2.34. The molecule has 0 saturated carbocycles. The van der Waals surface area contributed by atoms with Crippen molar-refractivity contribution in [2.24, 2.45) is 0 Å². The van der Waals surface area contributed by atoms with Gasteiger partial charge in [0.05, 0.1) is 6.42 Å². The fourth-order valence-electron chi connectivity index (χ4n) is 1.67. The summed E-state index contributed by atoms with van der Waals surface area (Å²) in [6.45, 7) is 1.07. The van der Waals surface area contributed by atoms with Crippen molar-refractivity contribution in [2.75, 3.05) is 20.6 Å². The summed E-state index contributed by atoms with van der Waals surface area (Å²) in [6.07, 6.45) is 0.415. The zero-order valence-corrected chi connectivity index (χ0v) is 11.3. The van der Waals surface area contributed by atoms with Crippen molar-refractivity contribution in [1.82, 2.24) is 10.2 Å². The number of amides is 1. The van der Waals surface area contributed by atoms with Crippen LogP contribution in [0.15, 0.2) is 24.3 Å². The third kappa shape index (κ3) is 6.01. The Balaban J connectivity index is 2.52. The van der Waals surface area contributed by atoms with Crippen LogP contribution < -0.4 is 5.32 Å². The Hall–Kier alpha value is -1.88. The number of aliphatic carboxylic acids is 1. The Bertz CT molecular complexity index is 444. The first-order valence-corrected chi connectivity index (χ1v) is 6.19. The molecule has 1 rings (SSSR count). The van der Waals surface area contributed by atoms with Gasteiger partial charge in [0.25, 0.3) is 0 Å². The Morgan fingerprint density at radius 3 is 2.42 bits per heavy atom. The molecular weight excluding hydrogens is 244 g/mol. The van der Waals surface area contributed by atoms with Gasteiger partial charge in [-0.2, -0.15) is 0 Å². The van der Waals surface area contributed by atoms with Gasteiger partial charge in [0, 0.05) is 19.5 Å². The number of carboxylic acids is 1. The molecule has 2 N–H and O–H groups in total. The molecule has 0 fully saturated rings. The first-order valence-electron chi connectivity index (χ1n) is 6.19. The van der Waals surface area contributed by atoms with E-state index in [-0.39, 0.29) is 12.3 Å². The molecule has 5 nitrogen and oxygen atoms in total. The fourth-order valence-corrected chi connectivity index (χ4v) is 1.67. The maximum atomic E-state index is 11.6. The molecular formula is C14H20N2O3. The monoisotopic (exact) mass is 264 g/mol. The molecule has 0 aliphatic rings. The molecule has 19 heavy (non-hydrogen) atoms. The Labute approximate surface area is 113 Å². The molecule has 0 saturated heterocycles. The van der Waals surface area contributed by atoms with Crippen molar-refractivity contribution in [3.63, 3.8) is 0 Å². The largest absolute Gasteiger partial charge is 0.481 e. The van der Waals surface area contributed by atoms with E-state index in [2.05, 4.69) is 5.32 Å². The van der Waals surface area contributed by atoms with Crippen molar-refractivity contribution >= 4 is 11.9 Å². The van der Waals surface area contributed by atoms with Crippen molar-refractivity contribution in [3.05, 3.63) is 35.4 Å². The maximum Gasteiger partial charge on any atom is 0.307 e. The van der Waals surface area contributed by atoms with E-state index in [1.165, 1.54) is 0 Å². The summed E-state index contributed by atoms with van der Waals surface area (Å²) < 4.78 is 0. The summed E-state index contributed by atoms with van der Waals surface area (Å²) in [4.78, 5) is 24.3. The Morgan fingerprint density at radius 1 is 1.21 bits per heavy atom. The minimum atomic E-state index is -0.869. The zero-order valence-electron chi connectivity index (χ0n) is 11.3. The molecule has 5 heteroatoms. The highest BCUT2D eigenvalue weighted by Gasteiger charge is 2.07. The van der Waals surface area contributed by atoms with Crippen LogP contribution in [0, 0.1) is 0 Å². The molecule has 0 radical (unpaired) electrons. The van der Waals surface area contributed by atoms with Gasteiger partial charge in [-0.15, -0.1) is 0 Å². The quantitative estimate of drug-likeness (QED) is 0.767. The SMILES string of the molecule is CN(C)CCC(=O)NCc1ccccc1CC(=O)O. The molecule has 0 unspecified atom stereocenters. The summed E-state index contributed by atoms with van der Waals surface area (Å²) in [5, 5.41) is 11.6. The van der Waals surface area contributed by atoms with E-state index >= 15 is 0 Å². The second-order valence-electron chi connectivity index (χ2n) is 4.67. The normalized spacial score (nSPS) is 10.5. The lowest BCUT2D eigenvalue weighted by atomic mass is 10.0. The molecule has 0 aromatic heterocycles. The number of carboxylic acid groups (broad SMARTS) is 1. The number of benzene rings is 1. The molecule has 0 bridgehead atoms. The van der Waals surface area contributed by atoms with Gasteiger partial charge in [0.2, 0.25) is 5.91 Å². The van der Waals surface area contributed by atoms with Gasteiger partial charge in [-0.3, -0.25) is 9.59 Å². The molecule has 1 aromatic rings. The molecule has 0 aliphatic heterocycles. The van der Waals surface area contributed by atoms with Crippen LogP contribution in [-0.2, 0) is 22.6 Å². The van der Waals surface area contributed by atoms with Crippen LogP contribution in [0.4, 0.5) is 0 Å². The molecule has 1 amide bonds. The van der Waals surface area contributed by atoms with Gasteiger partial charge in [0.1, 0.15) is 0 Å². The first kappa shape index (κ1) is 15.2. The summed E-state index contributed by atoms with van der Waals surface area (Å²) in [5.41, 5.74) is 1.59. The van der Waals surface area contributed by atoms with Crippen molar-refractivity contribution in [3.8, 4) is 0 Å². The Kier molecular flexibility index (Phi) is 6.02. The van der Waals surface area contributed by atoms with E-state index < -0.39 is 5.97 Å². The van der Waals surface area contributed by atoms with Gasteiger partial charge >= 0.3 is 5.97 Å². The molecule has 0 atom stereocenters. The third-order valence-corrected chi connectivity index (χ3v) is 2.72. The predicted molar refractivity (Wildman–Crippen MR) is 72.8 cm³/mol. The van der Waals surface area contributed by atoms with Crippen LogP contribution in [0.3, 0.4) is 0 Å². The van der Waals surface area contributed by atoms with E-state index in [1.807, 2.05) is 31.1 Å². The minimum Gasteiger partial charge on any atom is -0.481 e. The molecule has 0 spiro atoms. The van der Waals surface area contributed by atoms with Crippen LogP contribution >= 0.6 is 0 Å². The number of carbonyl (C=O) groups is 2. The number of carbonyl (C=O) groups excluding carboxylic acids is 1. The first-order chi connectivity index (χ1) is 8.99. The topological polar surface area (TPSA) is 69.6 Å². The van der Waals surface area contributed by atoms with Crippen LogP contribution in [0.2, 0.25) is 0 Å². The maximum absolute atomic E-state index is 11.6.